The molecule has 0 aliphatic carbocycles. The minimum absolute atomic E-state index is 0.0681. The quantitative estimate of drug-likeness (QED) is 0.367. The van der Waals surface area contributed by atoms with Crippen molar-refractivity contribution in [2.45, 2.75) is 38.6 Å². The van der Waals surface area contributed by atoms with Crippen molar-refractivity contribution in [2.75, 3.05) is 37.6 Å². The zero-order valence-electron chi connectivity index (χ0n) is 22.3. The van der Waals surface area contributed by atoms with E-state index in [1.807, 2.05) is 70.5 Å². The molecular formula is C33H39N3O2. The predicted molar refractivity (Wildman–Crippen MR) is 153 cm³/mol. The number of piperidine rings is 1. The van der Waals surface area contributed by atoms with Crippen LogP contribution in [0.5, 0.6) is 0 Å². The number of carbonyl (C=O) groups excluding carboxylic acids is 2. The maximum atomic E-state index is 13.7. The zero-order chi connectivity index (χ0) is 26.2. The van der Waals surface area contributed by atoms with Gasteiger partial charge in [0.15, 0.2) is 0 Å². The van der Waals surface area contributed by atoms with E-state index in [-0.39, 0.29) is 17.7 Å². The molecule has 0 spiro atoms. The van der Waals surface area contributed by atoms with E-state index >= 15 is 0 Å². The number of carbonyl (C=O) groups is 2. The molecule has 2 amide bonds. The molecule has 2 aliphatic rings. The van der Waals surface area contributed by atoms with Crippen LogP contribution in [0.3, 0.4) is 0 Å². The van der Waals surface area contributed by atoms with E-state index in [0.717, 1.165) is 43.2 Å². The summed E-state index contributed by atoms with van der Waals surface area (Å²) < 4.78 is 0. The second-order valence-corrected chi connectivity index (χ2v) is 10.8. The van der Waals surface area contributed by atoms with Gasteiger partial charge in [0.25, 0.3) is 0 Å². The lowest BCUT2D eigenvalue weighted by Crippen LogP contribution is -2.40. The first-order valence-electron chi connectivity index (χ1n) is 14.1. The maximum absolute atomic E-state index is 13.7. The van der Waals surface area contributed by atoms with Crippen LogP contribution in [-0.2, 0) is 22.6 Å². The molecule has 3 aromatic rings. The van der Waals surface area contributed by atoms with E-state index in [1.54, 1.807) is 0 Å². The van der Waals surface area contributed by atoms with Gasteiger partial charge in [-0.3, -0.25) is 9.59 Å². The van der Waals surface area contributed by atoms with Crippen LogP contribution < -0.4 is 4.90 Å². The van der Waals surface area contributed by atoms with Gasteiger partial charge in [0.2, 0.25) is 11.8 Å². The number of rotatable bonds is 10. The van der Waals surface area contributed by atoms with Gasteiger partial charge in [0, 0.05) is 31.7 Å². The monoisotopic (exact) mass is 509 g/mol. The highest BCUT2D eigenvalue weighted by Crippen LogP contribution is 2.26. The van der Waals surface area contributed by atoms with Crippen molar-refractivity contribution in [2.24, 2.45) is 11.8 Å². The molecule has 2 heterocycles. The summed E-state index contributed by atoms with van der Waals surface area (Å²) in [5, 5.41) is 0. The molecule has 5 nitrogen and oxygen atoms in total. The first kappa shape index (κ1) is 26.2. The minimum Gasteiger partial charge on any atom is -0.338 e. The van der Waals surface area contributed by atoms with Crippen molar-refractivity contribution < 1.29 is 9.59 Å². The average molecular weight is 510 g/mol. The van der Waals surface area contributed by atoms with Crippen LogP contribution >= 0.6 is 0 Å². The smallest absolute Gasteiger partial charge is 0.232 e. The first-order chi connectivity index (χ1) is 18.7. The van der Waals surface area contributed by atoms with Crippen molar-refractivity contribution in [3.8, 4) is 0 Å². The Morgan fingerprint density at radius 1 is 0.816 bits per heavy atom. The molecule has 2 fully saturated rings. The van der Waals surface area contributed by atoms with E-state index in [0.29, 0.717) is 26.1 Å². The number of para-hydroxylation sites is 1. The van der Waals surface area contributed by atoms with Crippen molar-refractivity contribution >= 4 is 17.5 Å². The normalized spacial score (nSPS) is 18.6. The molecule has 1 atom stereocenters. The van der Waals surface area contributed by atoms with Crippen molar-refractivity contribution in [1.82, 2.24) is 9.80 Å². The Hall–Kier alpha value is -3.44. The molecule has 0 aromatic heterocycles. The number of benzene rings is 3. The fraction of sp³-hybridized carbons (Fsp3) is 0.394. The molecule has 198 valence electrons. The minimum atomic E-state index is -0.292. The molecule has 3 aromatic carbocycles. The van der Waals surface area contributed by atoms with Crippen LogP contribution in [0.2, 0.25) is 0 Å². The number of amides is 2. The van der Waals surface area contributed by atoms with Gasteiger partial charge < -0.3 is 14.7 Å². The molecule has 2 aliphatic heterocycles. The molecule has 2 saturated heterocycles. The van der Waals surface area contributed by atoms with Crippen molar-refractivity contribution in [3.05, 3.63) is 102 Å². The van der Waals surface area contributed by atoms with Gasteiger partial charge in [0.1, 0.15) is 0 Å². The Balaban J connectivity index is 1.14. The first-order valence-corrected chi connectivity index (χ1v) is 14.1. The van der Waals surface area contributed by atoms with Gasteiger partial charge in [0.05, 0.1) is 5.92 Å². The molecule has 0 bridgehead atoms. The zero-order valence-corrected chi connectivity index (χ0v) is 22.3. The van der Waals surface area contributed by atoms with Gasteiger partial charge in [-0.2, -0.15) is 0 Å². The van der Waals surface area contributed by atoms with E-state index in [2.05, 4.69) is 35.2 Å². The lowest BCUT2D eigenvalue weighted by Gasteiger charge is -2.33. The van der Waals surface area contributed by atoms with Crippen LogP contribution in [0.15, 0.2) is 91.0 Å². The molecule has 0 N–H and O–H groups in total. The molecule has 0 saturated carbocycles. The molecule has 38 heavy (non-hydrogen) atoms. The Labute approximate surface area is 227 Å². The lowest BCUT2D eigenvalue weighted by atomic mass is 9.90. The summed E-state index contributed by atoms with van der Waals surface area (Å²) in [6.45, 7) is 4.99. The standard InChI is InChI=1S/C33H39N3O2/c37-32-24-30(26-35(32)25-29-13-6-2-7-14-29)33(38)36(31-15-8-3-9-16-31)20-10-19-34-21-17-28(18-22-34)23-27-11-4-1-5-12-27/h1-9,11-16,28,30H,10,17-26H2. The molecular weight excluding hydrogens is 470 g/mol. The van der Waals surface area contributed by atoms with Gasteiger partial charge in [-0.25, -0.2) is 0 Å². The van der Waals surface area contributed by atoms with E-state index in [9.17, 15) is 9.59 Å². The Bertz CT molecular complexity index is 1160. The summed E-state index contributed by atoms with van der Waals surface area (Å²) >= 11 is 0. The van der Waals surface area contributed by atoms with E-state index in [1.165, 1.54) is 24.8 Å². The molecule has 1 unspecified atom stereocenters. The maximum Gasteiger partial charge on any atom is 0.232 e. The summed E-state index contributed by atoms with van der Waals surface area (Å²) in [6, 6.07) is 30.8. The number of anilines is 1. The highest BCUT2D eigenvalue weighted by Gasteiger charge is 2.36. The fourth-order valence-electron chi connectivity index (χ4n) is 5.90. The van der Waals surface area contributed by atoms with Crippen molar-refractivity contribution in [3.63, 3.8) is 0 Å². The number of hydrogen-bond acceptors (Lipinski definition) is 3. The second-order valence-electron chi connectivity index (χ2n) is 10.8. The summed E-state index contributed by atoms with van der Waals surface area (Å²) in [7, 11) is 0. The third-order valence-corrected chi connectivity index (χ3v) is 8.04. The Morgan fingerprint density at radius 2 is 1.42 bits per heavy atom. The van der Waals surface area contributed by atoms with Crippen molar-refractivity contribution in [1.29, 1.82) is 0 Å². The van der Waals surface area contributed by atoms with E-state index < -0.39 is 0 Å². The number of likely N-dealkylation sites (tertiary alicyclic amines) is 2. The Kier molecular flexibility index (Phi) is 8.87. The fourth-order valence-corrected chi connectivity index (χ4v) is 5.90. The van der Waals surface area contributed by atoms with Gasteiger partial charge in [-0.15, -0.1) is 0 Å². The second kappa shape index (κ2) is 12.9. The SMILES string of the molecule is O=C1CC(C(=O)N(CCCN2CCC(Cc3ccccc3)CC2)c2ccccc2)CN1Cc1ccccc1. The van der Waals surface area contributed by atoms with Gasteiger partial charge >= 0.3 is 0 Å². The topological polar surface area (TPSA) is 43.9 Å². The van der Waals surface area contributed by atoms with Gasteiger partial charge in [-0.05, 0) is 74.5 Å². The summed E-state index contributed by atoms with van der Waals surface area (Å²) in [6.07, 6.45) is 4.87. The van der Waals surface area contributed by atoms with Gasteiger partial charge in [-0.1, -0.05) is 78.9 Å². The third-order valence-electron chi connectivity index (χ3n) is 8.04. The van der Waals surface area contributed by atoms with Crippen LogP contribution in [-0.4, -0.2) is 54.3 Å². The summed E-state index contributed by atoms with van der Waals surface area (Å²) in [4.78, 5) is 32.8. The summed E-state index contributed by atoms with van der Waals surface area (Å²) in [5.41, 5.74) is 3.46. The number of hydrogen-bond donors (Lipinski definition) is 0. The lowest BCUT2D eigenvalue weighted by molar-refractivity contribution is -0.128. The molecule has 5 rings (SSSR count). The highest BCUT2D eigenvalue weighted by atomic mass is 16.2. The highest BCUT2D eigenvalue weighted by molar-refractivity contribution is 5.99. The third kappa shape index (κ3) is 6.90. The van der Waals surface area contributed by atoms with Crippen LogP contribution in [0.4, 0.5) is 5.69 Å². The van der Waals surface area contributed by atoms with Crippen LogP contribution in [0.1, 0.15) is 36.8 Å². The molecule has 0 radical (unpaired) electrons. The van der Waals surface area contributed by atoms with Crippen LogP contribution in [0, 0.1) is 11.8 Å². The van der Waals surface area contributed by atoms with Crippen LogP contribution in [0.25, 0.3) is 0 Å². The molecule has 5 heteroatoms. The van der Waals surface area contributed by atoms with E-state index in [4.69, 9.17) is 0 Å². The number of nitrogens with zero attached hydrogens (tertiary/aromatic N) is 3. The summed E-state index contributed by atoms with van der Waals surface area (Å²) in [5.74, 6) is 0.607. The average Bonchev–Trinajstić information content (AvgIpc) is 3.33. The Morgan fingerprint density at radius 3 is 2.08 bits per heavy atom. The predicted octanol–water partition coefficient (Wildman–Crippen LogP) is 5.41. The largest absolute Gasteiger partial charge is 0.338 e.